The van der Waals surface area contributed by atoms with Crippen molar-refractivity contribution in [3.63, 3.8) is 0 Å². The summed E-state index contributed by atoms with van der Waals surface area (Å²) >= 11 is 0. The molecule has 0 saturated carbocycles. The number of carbonyl (C=O) groups is 1. The van der Waals surface area contributed by atoms with Crippen LogP contribution in [-0.2, 0) is 14.3 Å². The predicted octanol–water partition coefficient (Wildman–Crippen LogP) is 2.34. The molecule has 1 amide bonds. The number of piperidine rings is 1. The Morgan fingerprint density at radius 3 is 3.08 bits per heavy atom. The Hall–Kier alpha value is -1.50. The molecule has 1 aromatic carbocycles. The Kier molecular flexibility index (Phi) is 5.18. The van der Waals surface area contributed by atoms with E-state index < -0.39 is 0 Å². The van der Waals surface area contributed by atoms with Gasteiger partial charge in [-0.15, -0.1) is 0 Å². The normalized spacial score (nSPS) is 27.5. The second-order valence-electron chi connectivity index (χ2n) is 6.75. The number of hydrogen-bond donors (Lipinski definition) is 1. The molecule has 0 aromatic heterocycles. The first kappa shape index (κ1) is 17.3. The Bertz CT molecular complexity index is 602. The number of amides is 1. The largest absolute Gasteiger partial charge is 0.378 e. The summed E-state index contributed by atoms with van der Waals surface area (Å²) in [5.74, 6) is -0.483. The summed E-state index contributed by atoms with van der Waals surface area (Å²) < 4.78 is 25.0. The van der Waals surface area contributed by atoms with Gasteiger partial charge in [-0.25, -0.2) is 4.39 Å². The van der Waals surface area contributed by atoms with Gasteiger partial charge in [0, 0.05) is 32.5 Å². The number of methoxy groups -OCH3 is 1. The number of likely N-dealkylation sites (tertiary alicyclic amines) is 1. The number of hydrogen-bond acceptors (Lipinski definition) is 4. The van der Waals surface area contributed by atoms with E-state index in [1.807, 2.05) is 6.92 Å². The molecule has 0 bridgehead atoms. The van der Waals surface area contributed by atoms with Gasteiger partial charge in [0.25, 0.3) is 0 Å². The van der Waals surface area contributed by atoms with E-state index in [2.05, 4.69) is 10.2 Å². The molecule has 3 rings (SSSR count). The monoisotopic (exact) mass is 336 g/mol. The van der Waals surface area contributed by atoms with Crippen LogP contribution in [-0.4, -0.2) is 55.9 Å². The molecule has 2 atom stereocenters. The van der Waals surface area contributed by atoms with Crippen molar-refractivity contribution in [3.8, 4) is 0 Å². The topological polar surface area (TPSA) is 50.8 Å². The third kappa shape index (κ3) is 3.61. The number of benzene rings is 1. The zero-order valence-electron chi connectivity index (χ0n) is 14.3. The van der Waals surface area contributed by atoms with Gasteiger partial charge < -0.3 is 14.8 Å². The molecule has 0 unspecified atom stereocenters. The van der Waals surface area contributed by atoms with E-state index in [0.29, 0.717) is 12.2 Å². The molecule has 0 radical (unpaired) electrons. The summed E-state index contributed by atoms with van der Waals surface area (Å²) in [6, 6.07) is 4.41. The lowest BCUT2D eigenvalue weighted by atomic mass is 9.87. The van der Waals surface area contributed by atoms with Crippen LogP contribution in [0.1, 0.15) is 24.8 Å². The Morgan fingerprint density at radius 1 is 1.54 bits per heavy atom. The quantitative estimate of drug-likeness (QED) is 0.917. The minimum atomic E-state index is -0.352. The zero-order chi connectivity index (χ0) is 17.2. The standard InChI is InChI=1S/C18H25FN2O3/c1-13-4-5-14(19)10-15(13)20-17(22)11-21-8-6-16(23-2)18(12-21)7-3-9-24-18/h4-5,10,16H,3,6-9,11-12H2,1-2H3,(H,20,22)/t16-,18+/m1/s1. The molecule has 1 aromatic rings. The second-order valence-corrected chi connectivity index (χ2v) is 6.75. The lowest BCUT2D eigenvalue weighted by molar-refractivity contribution is -0.146. The van der Waals surface area contributed by atoms with Gasteiger partial charge in [0.05, 0.1) is 12.6 Å². The summed E-state index contributed by atoms with van der Waals surface area (Å²) in [4.78, 5) is 14.5. The van der Waals surface area contributed by atoms with Crippen molar-refractivity contribution >= 4 is 11.6 Å². The summed E-state index contributed by atoms with van der Waals surface area (Å²) in [6.45, 7) is 4.36. The highest BCUT2D eigenvalue weighted by Crippen LogP contribution is 2.36. The fourth-order valence-corrected chi connectivity index (χ4v) is 3.81. The number of ether oxygens (including phenoxy) is 2. The van der Waals surface area contributed by atoms with Crippen molar-refractivity contribution in [2.24, 2.45) is 0 Å². The van der Waals surface area contributed by atoms with Gasteiger partial charge in [-0.3, -0.25) is 9.69 Å². The van der Waals surface area contributed by atoms with Crippen molar-refractivity contribution in [2.75, 3.05) is 38.7 Å². The number of anilines is 1. The highest BCUT2D eigenvalue weighted by molar-refractivity contribution is 5.92. The van der Waals surface area contributed by atoms with Crippen LogP contribution in [0.25, 0.3) is 0 Å². The molecule has 2 saturated heterocycles. The van der Waals surface area contributed by atoms with Crippen LogP contribution in [0.15, 0.2) is 18.2 Å². The third-order valence-electron chi connectivity index (χ3n) is 5.04. The molecule has 2 aliphatic rings. The minimum absolute atomic E-state index is 0.0878. The van der Waals surface area contributed by atoms with Gasteiger partial charge in [0.2, 0.25) is 5.91 Å². The summed E-state index contributed by atoms with van der Waals surface area (Å²) in [5, 5.41) is 2.81. The van der Waals surface area contributed by atoms with Crippen LogP contribution < -0.4 is 5.32 Å². The second kappa shape index (κ2) is 7.17. The number of nitrogens with one attached hydrogen (secondary N) is 1. The summed E-state index contributed by atoms with van der Waals surface area (Å²) in [5.41, 5.74) is 1.08. The maximum absolute atomic E-state index is 13.3. The van der Waals surface area contributed by atoms with Crippen LogP contribution >= 0.6 is 0 Å². The van der Waals surface area contributed by atoms with Crippen molar-refractivity contribution in [1.29, 1.82) is 0 Å². The molecule has 5 nitrogen and oxygen atoms in total. The van der Waals surface area contributed by atoms with Crippen molar-refractivity contribution in [1.82, 2.24) is 4.90 Å². The minimum Gasteiger partial charge on any atom is -0.378 e. The van der Waals surface area contributed by atoms with Gasteiger partial charge in [0.15, 0.2) is 0 Å². The van der Waals surface area contributed by atoms with Crippen LogP contribution in [0.4, 0.5) is 10.1 Å². The lowest BCUT2D eigenvalue weighted by Gasteiger charge is -2.44. The highest BCUT2D eigenvalue weighted by atomic mass is 19.1. The molecule has 24 heavy (non-hydrogen) atoms. The Labute approximate surface area is 142 Å². The molecule has 132 valence electrons. The zero-order valence-corrected chi connectivity index (χ0v) is 14.3. The average Bonchev–Trinajstić information content (AvgIpc) is 3.00. The fraction of sp³-hybridized carbons (Fsp3) is 0.611. The van der Waals surface area contributed by atoms with Crippen molar-refractivity contribution < 1.29 is 18.7 Å². The molecule has 1 N–H and O–H groups in total. The van der Waals surface area contributed by atoms with E-state index in [-0.39, 0.29) is 30.0 Å². The summed E-state index contributed by atoms with van der Waals surface area (Å²) in [7, 11) is 1.73. The first-order valence-electron chi connectivity index (χ1n) is 8.47. The molecule has 2 fully saturated rings. The van der Waals surface area contributed by atoms with E-state index in [1.165, 1.54) is 12.1 Å². The number of nitrogens with zero attached hydrogens (tertiary/aromatic N) is 1. The van der Waals surface area contributed by atoms with Gasteiger partial charge in [0.1, 0.15) is 11.4 Å². The first-order chi connectivity index (χ1) is 11.5. The molecule has 1 spiro atoms. The third-order valence-corrected chi connectivity index (χ3v) is 5.04. The van der Waals surface area contributed by atoms with Crippen LogP contribution in [0.2, 0.25) is 0 Å². The Balaban J connectivity index is 1.61. The number of carbonyl (C=O) groups excluding carboxylic acids is 1. The fourth-order valence-electron chi connectivity index (χ4n) is 3.81. The van der Waals surface area contributed by atoms with E-state index in [9.17, 15) is 9.18 Å². The molecular formula is C18H25FN2O3. The van der Waals surface area contributed by atoms with E-state index in [1.54, 1.807) is 13.2 Å². The van der Waals surface area contributed by atoms with Crippen LogP contribution in [0.3, 0.4) is 0 Å². The number of rotatable bonds is 4. The first-order valence-corrected chi connectivity index (χ1v) is 8.47. The van der Waals surface area contributed by atoms with Crippen LogP contribution in [0, 0.1) is 12.7 Å². The molecule has 6 heteroatoms. The van der Waals surface area contributed by atoms with Crippen molar-refractivity contribution in [3.05, 3.63) is 29.6 Å². The van der Waals surface area contributed by atoms with E-state index in [0.717, 1.165) is 38.0 Å². The van der Waals surface area contributed by atoms with Gasteiger partial charge in [-0.1, -0.05) is 6.07 Å². The molecular weight excluding hydrogens is 311 g/mol. The number of halogens is 1. The Morgan fingerprint density at radius 2 is 2.38 bits per heavy atom. The average molecular weight is 336 g/mol. The SMILES string of the molecule is CO[C@@H]1CCN(CC(=O)Nc2cc(F)ccc2C)C[C@@]12CCCO2. The van der Waals surface area contributed by atoms with Gasteiger partial charge in [-0.05, 0) is 43.9 Å². The molecule has 2 aliphatic heterocycles. The predicted molar refractivity (Wildman–Crippen MR) is 89.5 cm³/mol. The van der Waals surface area contributed by atoms with Gasteiger partial charge in [-0.2, -0.15) is 0 Å². The van der Waals surface area contributed by atoms with Gasteiger partial charge >= 0.3 is 0 Å². The number of aryl methyl sites for hydroxylation is 1. The van der Waals surface area contributed by atoms with Crippen molar-refractivity contribution in [2.45, 2.75) is 37.9 Å². The molecule has 2 heterocycles. The highest BCUT2D eigenvalue weighted by Gasteiger charge is 2.47. The van der Waals surface area contributed by atoms with E-state index in [4.69, 9.17) is 9.47 Å². The molecule has 0 aliphatic carbocycles. The van der Waals surface area contributed by atoms with Crippen LogP contribution in [0.5, 0.6) is 0 Å². The maximum Gasteiger partial charge on any atom is 0.238 e. The summed E-state index contributed by atoms with van der Waals surface area (Å²) in [6.07, 6.45) is 2.93. The lowest BCUT2D eigenvalue weighted by Crippen LogP contribution is -2.58. The van der Waals surface area contributed by atoms with E-state index >= 15 is 0 Å². The maximum atomic E-state index is 13.3. The smallest absolute Gasteiger partial charge is 0.238 e.